The predicted octanol–water partition coefficient (Wildman–Crippen LogP) is 11.2. The number of allylic oxidation sites excluding steroid dienone is 2. The highest BCUT2D eigenvalue weighted by Crippen LogP contribution is 2.72. The van der Waals surface area contributed by atoms with Crippen LogP contribution in [0.2, 0.25) is 0 Å². The van der Waals surface area contributed by atoms with Crippen LogP contribution < -0.4 is 10.9 Å². The van der Waals surface area contributed by atoms with Crippen molar-refractivity contribution >= 4 is 83.1 Å². The van der Waals surface area contributed by atoms with Gasteiger partial charge in [-0.2, -0.15) is 0 Å². The zero-order chi connectivity index (χ0) is 74.6. The molecule has 17 rings (SSSR count). The largest absolute Gasteiger partial charge is 0.494 e. The molecular weight excluding hydrogens is 1330 g/mol. The van der Waals surface area contributed by atoms with E-state index in [9.17, 15) is 50.4 Å². The number of hydrogen-bond donors (Lipinski definition) is 10. The zero-order valence-electron chi connectivity index (χ0n) is 62.9. The van der Waals surface area contributed by atoms with Gasteiger partial charge in [-0.25, -0.2) is 9.97 Å². The number of carbonyl (C=O) groups excluding carboxylic acids is 2. The van der Waals surface area contributed by atoms with E-state index >= 15 is 0 Å². The highest BCUT2D eigenvalue weighted by molar-refractivity contribution is 6.62. The Morgan fingerprint density at radius 1 is 0.500 bits per heavy atom. The average Bonchev–Trinajstić information content (AvgIpc) is 1.40. The Hall–Kier alpha value is -6.49. The lowest BCUT2D eigenvalue weighted by Gasteiger charge is -2.61. The Labute approximate surface area is 621 Å². The first-order chi connectivity index (χ1) is 50.0. The Bertz CT molecular complexity index is 4610. The minimum Gasteiger partial charge on any atom is -0.402 e. The van der Waals surface area contributed by atoms with Gasteiger partial charge in [-0.05, 0) is 285 Å². The number of nitrogens with zero attached hydrogens (tertiary/aromatic N) is 2. The number of nitrogens with one attached hydrogen (secondary N) is 2. The van der Waals surface area contributed by atoms with Crippen LogP contribution in [-0.2, 0) is 28.2 Å². The highest BCUT2D eigenvalue weighted by Gasteiger charge is 2.73. The van der Waals surface area contributed by atoms with E-state index in [0.29, 0.717) is 77.0 Å². The molecule has 10 N–H and O–H groups in total. The maximum Gasteiger partial charge on any atom is 0.494 e. The smallest absolute Gasteiger partial charge is 0.402 e. The lowest BCUT2D eigenvalue weighted by Crippen LogP contribution is -2.62. The van der Waals surface area contributed by atoms with Crippen molar-refractivity contribution in [1.29, 1.82) is 0 Å². The molecule has 6 saturated carbocycles. The van der Waals surface area contributed by atoms with Crippen LogP contribution in [0.25, 0.3) is 68.6 Å². The predicted molar refractivity (Wildman–Crippen MR) is 409 cm³/mol. The van der Waals surface area contributed by atoms with Crippen LogP contribution in [0.5, 0.6) is 0 Å². The third-order valence-corrected chi connectivity index (χ3v) is 29.6. The van der Waals surface area contributed by atoms with Crippen molar-refractivity contribution in [2.24, 2.45) is 57.2 Å². The third-order valence-electron chi connectivity index (χ3n) is 29.6. The number of aliphatic hydroxyl groups is 8. The van der Waals surface area contributed by atoms with Gasteiger partial charge in [0.15, 0.2) is 11.6 Å². The Morgan fingerprint density at radius 2 is 0.896 bits per heavy atom. The molecule has 2 saturated heterocycles. The lowest BCUT2D eigenvalue weighted by atomic mass is 9.45. The summed E-state index contributed by atoms with van der Waals surface area (Å²) in [5, 5.41) is 92.4. The minimum absolute atomic E-state index is 0.0798. The first kappa shape index (κ1) is 72.4. The fourth-order valence-corrected chi connectivity index (χ4v) is 23.7. The van der Waals surface area contributed by atoms with Crippen molar-refractivity contribution < 1.29 is 69.1 Å². The van der Waals surface area contributed by atoms with Gasteiger partial charge in [0.2, 0.25) is 0 Å². The highest BCUT2D eigenvalue weighted by atomic mass is 16.7. The van der Waals surface area contributed by atoms with Gasteiger partial charge in [-0.3, -0.25) is 9.59 Å². The van der Waals surface area contributed by atoms with Gasteiger partial charge < -0.3 is 69.4 Å². The van der Waals surface area contributed by atoms with Crippen molar-refractivity contribution in [3.63, 3.8) is 0 Å². The van der Waals surface area contributed by atoms with E-state index in [1.54, 1.807) is 12.2 Å². The fourth-order valence-electron chi connectivity index (χ4n) is 23.7. The molecule has 106 heavy (non-hydrogen) atoms. The Kier molecular flexibility index (Phi) is 17.1. The van der Waals surface area contributed by atoms with E-state index in [0.717, 1.165) is 102 Å². The summed E-state index contributed by atoms with van der Waals surface area (Å²) in [5.74, 6) is -1.61. The molecule has 18 nitrogen and oxygen atoms in total. The summed E-state index contributed by atoms with van der Waals surface area (Å²) in [6, 6.07) is 28.9. The SMILES string of the molecule is CC(C)(O)CC[C@H]1OB(c2ccc(-c3c4nc(cc5ccc([nH]5)c(-c5ccc(B6O[C@H](CCC(C)(C)O)[C@@](C)(C7CC[C@@]8(O)C9=CC(=O)[C@@H]%10C[C@@H](O)[C@@H](O)C[C@]%10(C)[C@H]9CC[C@]78C)O6)cc5)c5ccc(cc6nc3C=C6)[nH]5)C=C4)cc2)O[C@]1(C)C1CC[C@@]2(O)C3=CC(=O)[C@@H]4C[C@@H](O)[C@@H](O)C[C@]4(C)[C@H]3CC[C@]12C. The van der Waals surface area contributed by atoms with E-state index in [1.807, 2.05) is 76.3 Å². The van der Waals surface area contributed by atoms with Crippen LogP contribution in [-0.4, -0.2) is 157 Å². The summed E-state index contributed by atoms with van der Waals surface area (Å²) >= 11 is 0. The third kappa shape index (κ3) is 11.3. The second-order valence-corrected chi connectivity index (χ2v) is 36.9. The van der Waals surface area contributed by atoms with Gasteiger partial charge in [-0.1, -0.05) is 76.2 Å². The molecule has 8 fully saturated rings. The zero-order valence-corrected chi connectivity index (χ0v) is 62.9. The number of ketones is 2. The number of rotatable bonds is 12. The molecule has 2 aromatic carbocycles. The molecule has 8 bridgehead atoms. The van der Waals surface area contributed by atoms with Crippen LogP contribution in [0, 0.1) is 57.2 Å². The summed E-state index contributed by atoms with van der Waals surface area (Å²) in [6.45, 7) is 20.0. The van der Waals surface area contributed by atoms with E-state index in [4.69, 9.17) is 28.6 Å². The lowest BCUT2D eigenvalue weighted by molar-refractivity contribution is -0.160. The number of aromatic amines is 2. The molecule has 12 aliphatic rings. The molecule has 8 aliphatic carbocycles. The number of benzene rings is 2. The maximum absolute atomic E-state index is 14.1. The van der Waals surface area contributed by atoms with Crippen molar-refractivity contribution in [2.75, 3.05) is 0 Å². The molecule has 20 atom stereocenters. The second-order valence-electron chi connectivity index (χ2n) is 36.9. The van der Waals surface area contributed by atoms with Crippen LogP contribution in [0.3, 0.4) is 0 Å². The van der Waals surface area contributed by atoms with E-state index in [2.05, 4.69) is 112 Å². The average molecular weight is 1440 g/mol. The van der Waals surface area contributed by atoms with Crippen molar-refractivity contribution in [3.8, 4) is 22.3 Å². The van der Waals surface area contributed by atoms with Crippen LogP contribution >= 0.6 is 0 Å². The van der Waals surface area contributed by atoms with Crippen LogP contribution in [0.15, 0.2) is 108 Å². The summed E-state index contributed by atoms with van der Waals surface area (Å²) in [7, 11) is -1.52. The summed E-state index contributed by atoms with van der Waals surface area (Å²) in [5.41, 5.74) is 4.33. The molecule has 20 heteroatoms. The molecule has 7 heterocycles. The number of carbonyl (C=O) groups is 2. The molecule has 0 amide bonds. The number of fused-ring (bicyclic) bond motifs is 18. The van der Waals surface area contributed by atoms with E-state index < -0.39 is 118 Å². The molecular formula is C86H104B2N4O14. The van der Waals surface area contributed by atoms with Gasteiger partial charge in [0.25, 0.3) is 0 Å². The van der Waals surface area contributed by atoms with Gasteiger partial charge in [-0.15, -0.1) is 0 Å². The van der Waals surface area contributed by atoms with Crippen LogP contribution in [0.4, 0.5) is 0 Å². The normalized spacial score (nSPS) is 38.9. The van der Waals surface area contributed by atoms with E-state index in [1.165, 1.54) is 0 Å². The Balaban J connectivity index is 0.652. The first-order valence-corrected chi connectivity index (χ1v) is 39.2. The fraction of sp³-hybridized carbons (Fsp3) is 0.558. The first-order valence-electron chi connectivity index (χ1n) is 39.2. The van der Waals surface area contributed by atoms with Gasteiger partial charge in [0, 0.05) is 55.9 Å². The van der Waals surface area contributed by atoms with Crippen molar-refractivity contribution in [3.05, 3.63) is 131 Å². The molecule has 0 radical (unpaired) electrons. The van der Waals surface area contributed by atoms with Crippen LogP contribution in [0.1, 0.15) is 195 Å². The minimum atomic E-state index is -1.30. The molecule has 0 spiro atoms. The van der Waals surface area contributed by atoms with Crippen molar-refractivity contribution in [1.82, 2.24) is 19.9 Å². The molecule has 5 aromatic rings. The maximum atomic E-state index is 14.1. The number of aromatic nitrogens is 4. The number of H-pyrrole nitrogens is 2. The molecule has 2 unspecified atom stereocenters. The summed E-state index contributed by atoms with van der Waals surface area (Å²) < 4.78 is 28.8. The molecule has 4 aliphatic heterocycles. The Morgan fingerprint density at radius 3 is 1.29 bits per heavy atom. The molecule has 3 aromatic heterocycles. The van der Waals surface area contributed by atoms with Gasteiger partial charge >= 0.3 is 14.2 Å². The summed E-state index contributed by atoms with van der Waals surface area (Å²) in [4.78, 5) is 46.2. The second kappa shape index (κ2) is 25.0. The van der Waals surface area contributed by atoms with Gasteiger partial charge in [0.05, 0.1) is 93.0 Å². The van der Waals surface area contributed by atoms with Gasteiger partial charge in [0.1, 0.15) is 0 Å². The standard InChI is InChI=1S/C86H104B2N4O14/c1-77(2,99)33-31-73-83(9,71-29-37-85(101)57-41-65(93)59-43-67(95)69(97)45-79(59,5)55(57)27-35-81(71,85)7)105-87(103-73)49-15-11-47(12-16-49)75-61-23-19-51(89-61)39-53-21-25-63(91-53)76(64-26-22-54(92-64)40-52-20-24-62(75)90-52)48-13-17-50(18-14-48)88-104-74(32-34-78(3,4)100)84(10,106-88)72-30-38-86(102)58-42-66(94)60-44-68(96)70(98)46-80(60,6)56(58)28-36-82(72,86)8/h11-26,39-42,55-56,59-60,67-74,89-90,95-102H,27-38,43-46H2,1-10H3/t55-,56-,59-,60-,67+,68+,69-,70-,71?,72?,73+,74+,79+,80+,81+,82+,83+,84+,85+,86+/m0/s1. The number of aliphatic hydroxyl groups excluding tert-OH is 4. The monoisotopic (exact) mass is 1440 g/mol. The quantitative estimate of drug-likeness (QED) is 0.0509. The number of hydrogen-bond acceptors (Lipinski definition) is 16. The van der Waals surface area contributed by atoms with E-state index in [-0.39, 0.29) is 48.1 Å². The van der Waals surface area contributed by atoms with Crippen molar-refractivity contribution in [2.45, 2.75) is 242 Å². The molecule has 558 valence electrons. The summed E-state index contributed by atoms with van der Waals surface area (Å²) in [6.07, 6.45) is 14.8. The topological polar surface area (TPSA) is 290 Å².